The van der Waals surface area contributed by atoms with E-state index in [1.165, 1.54) is 0 Å². The Morgan fingerprint density at radius 2 is 2.00 bits per heavy atom. The second-order valence-electron chi connectivity index (χ2n) is 4.21. The van der Waals surface area contributed by atoms with Crippen LogP contribution in [0.1, 0.15) is 13.8 Å². The Morgan fingerprint density at radius 3 is 2.44 bits per heavy atom. The van der Waals surface area contributed by atoms with Crippen LogP contribution in [-0.2, 0) is 4.79 Å². The van der Waals surface area contributed by atoms with Crippen molar-refractivity contribution in [2.24, 2.45) is 0 Å². The number of nitrogens with one attached hydrogen (secondary N) is 1. The first-order valence-electron chi connectivity index (χ1n) is 5.31. The lowest BCUT2D eigenvalue weighted by molar-refractivity contribution is -0.117. The van der Waals surface area contributed by atoms with Gasteiger partial charge in [0.1, 0.15) is 0 Å². The third kappa shape index (κ3) is 7.39. The van der Waals surface area contributed by atoms with E-state index in [1.807, 2.05) is 4.90 Å². The molecule has 3 N–H and O–H groups in total. The Kier molecular flexibility index (Phi) is 6.96. The van der Waals surface area contributed by atoms with Crippen LogP contribution in [0.2, 0.25) is 0 Å². The van der Waals surface area contributed by atoms with Crippen LogP contribution in [0.25, 0.3) is 0 Å². The van der Waals surface area contributed by atoms with Crippen molar-refractivity contribution in [3.63, 3.8) is 0 Å². The molecule has 0 saturated carbocycles. The quantitative estimate of drug-likeness (QED) is 0.508. The molecule has 1 amide bonds. The smallest absolute Gasteiger partial charge is 0.246 e. The number of likely N-dealkylation sites (N-methyl/N-ethyl adjacent to an activating group) is 1. The molecule has 0 spiro atoms. The number of amides is 1. The van der Waals surface area contributed by atoms with Crippen LogP contribution in [0, 0.1) is 0 Å². The summed E-state index contributed by atoms with van der Waals surface area (Å²) in [4.78, 5) is 12.9. The molecule has 2 atom stereocenters. The van der Waals surface area contributed by atoms with E-state index in [2.05, 4.69) is 11.9 Å². The van der Waals surface area contributed by atoms with Gasteiger partial charge in [-0.2, -0.15) is 0 Å². The van der Waals surface area contributed by atoms with Crippen molar-refractivity contribution < 1.29 is 15.0 Å². The van der Waals surface area contributed by atoms with Crippen LogP contribution < -0.4 is 5.32 Å². The Labute approximate surface area is 96.8 Å². The SMILES string of the molecule is C=C(C)C(=O)NCC(O)CN(C)CC(C)O. The van der Waals surface area contributed by atoms with E-state index in [-0.39, 0.29) is 12.5 Å². The summed E-state index contributed by atoms with van der Waals surface area (Å²) in [6.07, 6.45) is -1.07. The van der Waals surface area contributed by atoms with Gasteiger partial charge in [-0.05, 0) is 20.9 Å². The fourth-order valence-corrected chi connectivity index (χ4v) is 1.31. The van der Waals surface area contributed by atoms with Gasteiger partial charge in [-0.15, -0.1) is 0 Å². The van der Waals surface area contributed by atoms with Gasteiger partial charge >= 0.3 is 0 Å². The second-order valence-corrected chi connectivity index (χ2v) is 4.21. The van der Waals surface area contributed by atoms with E-state index in [1.54, 1.807) is 20.9 Å². The normalized spacial score (nSPS) is 14.6. The van der Waals surface area contributed by atoms with Gasteiger partial charge in [-0.25, -0.2) is 0 Å². The molecule has 0 radical (unpaired) electrons. The molecule has 5 heteroatoms. The second kappa shape index (κ2) is 7.38. The Bertz CT molecular complexity index is 241. The van der Waals surface area contributed by atoms with Crippen molar-refractivity contribution in [1.82, 2.24) is 10.2 Å². The Balaban J connectivity index is 3.77. The summed E-state index contributed by atoms with van der Waals surface area (Å²) in [6.45, 7) is 7.88. The molecule has 2 unspecified atom stereocenters. The molecule has 0 aliphatic rings. The summed E-state index contributed by atoms with van der Waals surface area (Å²) >= 11 is 0. The van der Waals surface area contributed by atoms with Gasteiger partial charge in [-0.3, -0.25) is 4.79 Å². The summed E-state index contributed by atoms with van der Waals surface area (Å²) < 4.78 is 0. The average molecular weight is 230 g/mol. The molecule has 16 heavy (non-hydrogen) atoms. The number of carbonyl (C=O) groups excluding carboxylic acids is 1. The predicted octanol–water partition coefficient (Wildman–Crippen LogP) is -0.648. The van der Waals surface area contributed by atoms with Gasteiger partial charge in [0.25, 0.3) is 0 Å². The molecule has 0 aromatic rings. The molecule has 0 rings (SSSR count). The lowest BCUT2D eigenvalue weighted by Gasteiger charge is -2.21. The van der Waals surface area contributed by atoms with Crippen LogP contribution in [0.5, 0.6) is 0 Å². The minimum atomic E-state index is -0.646. The maximum atomic E-state index is 11.1. The summed E-state index contributed by atoms with van der Waals surface area (Å²) in [5, 5.41) is 21.3. The van der Waals surface area contributed by atoms with Gasteiger partial charge in [0.15, 0.2) is 0 Å². The molecule has 0 saturated heterocycles. The number of carbonyl (C=O) groups is 1. The van der Waals surface area contributed by atoms with Crippen LogP contribution in [-0.4, -0.2) is 59.9 Å². The topological polar surface area (TPSA) is 72.8 Å². The van der Waals surface area contributed by atoms with E-state index in [0.717, 1.165) is 0 Å². The first-order valence-corrected chi connectivity index (χ1v) is 5.31. The van der Waals surface area contributed by atoms with E-state index < -0.39 is 12.2 Å². The van der Waals surface area contributed by atoms with Crippen molar-refractivity contribution in [1.29, 1.82) is 0 Å². The van der Waals surface area contributed by atoms with E-state index in [9.17, 15) is 9.90 Å². The number of hydrogen-bond donors (Lipinski definition) is 3. The highest BCUT2D eigenvalue weighted by Crippen LogP contribution is 1.92. The van der Waals surface area contributed by atoms with E-state index in [4.69, 9.17) is 5.11 Å². The molecular formula is C11H22N2O3. The van der Waals surface area contributed by atoms with Crippen molar-refractivity contribution in [2.75, 3.05) is 26.7 Å². The summed E-state index contributed by atoms with van der Waals surface area (Å²) in [5.74, 6) is -0.253. The number of aliphatic hydroxyl groups excluding tert-OH is 2. The zero-order chi connectivity index (χ0) is 12.7. The number of rotatable bonds is 7. The van der Waals surface area contributed by atoms with Crippen LogP contribution >= 0.6 is 0 Å². The maximum Gasteiger partial charge on any atom is 0.246 e. The monoisotopic (exact) mass is 230 g/mol. The number of nitrogens with zero attached hydrogens (tertiary/aromatic N) is 1. The summed E-state index contributed by atoms with van der Waals surface area (Å²) in [5.41, 5.74) is 0.421. The highest BCUT2D eigenvalue weighted by Gasteiger charge is 2.11. The van der Waals surface area contributed by atoms with Crippen LogP contribution in [0.4, 0.5) is 0 Å². The molecule has 0 aliphatic carbocycles. The molecular weight excluding hydrogens is 208 g/mol. The van der Waals surface area contributed by atoms with Crippen molar-refractivity contribution in [3.8, 4) is 0 Å². The minimum absolute atomic E-state index is 0.190. The van der Waals surface area contributed by atoms with Crippen molar-refractivity contribution in [3.05, 3.63) is 12.2 Å². The van der Waals surface area contributed by atoms with Crippen molar-refractivity contribution in [2.45, 2.75) is 26.1 Å². The standard InChI is InChI=1S/C11H22N2O3/c1-8(2)11(16)12-5-10(15)7-13(4)6-9(3)14/h9-10,14-15H,1,5-7H2,2-4H3,(H,12,16). The van der Waals surface area contributed by atoms with Crippen molar-refractivity contribution >= 4 is 5.91 Å². The largest absolute Gasteiger partial charge is 0.392 e. The third-order valence-corrected chi connectivity index (χ3v) is 1.98. The molecule has 5 nitrogen and oxygen atoms in total. The fourth-order valence-electron chi connectivity index (χ4n) is 1.31. The lowest BCUT2D eigenvalue weighted by atomic mass is 10.2. The highest BCUT2D eigenvalue weighted by atomic mass is 16.3. The minimum Gasteiger partial charge on any atom is -0.392 e. The fraction of sp³-hybridized carbons (Fsp3) is 0.727. The number of aliphatic hydroxyl groups is 2. The third-order valence-electron chi connectivity index (χ3n) is 1.98. The summed E-state index contributed by atoms with van der Waals surface area (Å²) in [6, 6.07) is 0. The van der Waals surface area contributed by atoms with Gasteiger partial charge in [0.05, 0.1) is 12.2 Å². The van der Waals surface area contributed by atoms with Crippen LogP contribution in [0.15, 0.2) is 12.2 Å². The highest BCUT2D eigenvalue weighted by molar-refractivity contribution is 5.92. The molecule has 0 heterocycles. The molecule has 0 aromatic carbocycles. The molecule has 0 aliphatic heterocycles. The Hall–Kier alpha value is -0.910. The zero-order valence-electron chi connectivity index (χ0n) is 10.2. The first kappa shape index (κ1) is 15.1. The van der Waals surface area contributed by atoms with Gasteiger partial charge in [0, 0.05) is 25.2 Å². The van der Waals surface area contributed by atoms with Gasteiger partial charge < -0.3 is 20.4 Å². The summed E-state index contributed by atoms with van der Waals surface area (Å²) in [7, 11) is 1.80. The van der Waals surface area contributed by atoms with Crippen LogP contribution in [0.3, 0.4) is 0 Å². The van der Waals surface area contributed by atoms with E-state index >= 15 is 0 Å². The zero-order valence-corrected chi connectivity index (χ0v) is 10.2. The van der Waals surface area contributed by atoms with Gasteiger partial charge in [0.2, 0.25) is 5.91 Å². The molecule has 0 fully saturated rings. The number of hydrogen-bond acceptors (Lipinski definition) is 4. The van der Waals surface area contributed by atoms with E-state index in [0.29, 0.717) is 18.7 Å². The molecule has 0 aromatic heterocycles. The van der Waals surface area contributed by atoms with Gasteiger partial charge in [-0.1, -0.05) is 6.58 Å². The lowest BCUT2D eigenvalue weighted by Crippen LogP contribution is -2.40. The predicted molar refractivity (Wildman–Crippen MR) is 63.0 cm³/mol. The maximum absolute atomic E-state index is 11.1. The average Bonchev–Trinajstić information content (AvgIpc) is 2.12. The molecule has 94 valence electrons. The first-order chi connectivity index (χ1) is 7.32. The Morgan fingerprint density at radius 1 is 1.44 bits per heavy atom. The molecule has 0 bridgehead atoms.